The summed E-state index contributed by atoms with van der Waals surface area (Å²) in [6.45, 7) is 5.12. The molecule has 0 aliphatic carbocycles. The van der Waals surface area contributed by atoms with Crippen molar-refractivity contribution in [1.29, 1.82) is 0 Å². The van der Waals surface area contributed by atoms with E-state index in [4.69, 9.17) is 9.97 Å². The lowest BCUT2D eigenvalue weighted by atomic mass is 10.2. The van der Waals surface area contributed by atoms with Gasteiger partial charge in [-0.25, -0.2) is 9.97 Å². The van der Waals surface area contributed by atoms with Gasteiger partial charge < -0.3 is 5.32 Å². The molecule has 1 aliphatic rings. The molecule has 1 N–H and O–H groups in total. The normalized spacial score (nSPS) is 13.2. The predicted octanol–water partition coefficient (Wildman–Crippen LogP) is 4.26. The molecule has 110 valence electrons. The first-order valence-electron chi connectivity index (χ1n) is 7.16. The Hall–Kier alpha value is -1.20. The number of thioether (sulfide) groups is 2. The second-order valence-corrected chi connectivity index (χ2v) is 7.07. The summed E-state index contributed by atoms with van der Waals surface area (Å²) in [5.41, 5.74) is 3.80. The van der Waals surface area contributed by atoms with Gasteiger partial charge in [-0.1, -0.05) is 17.7 Å². The van der Waals surface area contributed by atoms with Crippen LogP contribution in [0.2, 0.25) is 0 Å². The summed E-state index contributed by atoms with van der Waals surface area (Å²) >= 11 is 3.71. The van der Waals surface area contributed by atoms with E-state index in [-0.39, 0.29) is 0 Å². The molecule has 5 heteroatoms. The molecule has 0 fully saturated rings. The van der Waals surface area contributed by atoms with Crippen LogP contribution in [-0.2, 0) is 17.3 Å². The predicted molar refractivity (Wildman–Crippen MR) is 91.9 cm³/mol. The maximum absolute atomic E-state index is 4.74. The van der Waals surface area contributed by atoms with E-state index >= 15 is 0 Å². The van der Waals surface area contributed by atoms with Crippen LogP contribution in [-0.4, -0.2) is 16.5 Å². The van der Waals surface area contributed by atoms with Crippen LogP contribution in [0.5, 0.6) is 0 Å². The van der Waals surface area contributed by atoms with E-state index in [1.165, 1.54) is 21.7 Å². The molecule has 0 bridgehead atoms. The first-order valence-corrected chi connectivity index (χ1v) is 9.30. The highest BCUT2D eigenvalue weighted by Crippen LogP contribution is 2.33. The van der Waals surface area contributed by atoms with Crippen LogP contribution in [0.3, 0.4) is 0 Å². The molecule has 0 saturated carbocycles. The Kier molecular flexibility index (Phi) is 4.70. The number of nitrogens with zero attached hydrogens (tertiary/aromatic N) is 2. The lowest BCUT2D eigenvalue weighted by Gasteiger charge is -2.10. The number of anilines is 1. The number of hydrogen-bond donors (Lipinski definition) is 1. The fourth-order valence-corrected chi connectivity index (χ4v) is 4.06. The number of aryl methyl sites for hydroxylation is 1. The van der Waals surface area contributed by atoms with Crippen LogP contribution in [0.4, 0.5) is 5.82 Å². The largest absolute Gasteiger partial charge is 0.370 e. The van der Waals surface area contributed by atoms with Crippen molar-refractivity contribution >= 4 is 29.3 Å². The summed E-state index contributed by atoms with van der Waals surface area (Å²) in [7, 11) is 0. The molecule has 2 heterocycles. The van der Waals surface area contributed by atoms with Gasteiger partial charge in [0.1, 0.15) is 11.6 Å². The Morgan fingerprint density at radius 1 is 1.19 bits per heavy atom. The van der Waals surface area contributed by atoms with Crippen LogP contribution in [0, 0.1) is 6.92 Å². The van der Waals surface area contributed by atoms with Gasteiger partial charge >= 0.3 is 0 Å². The Morgan fingerprint density at radius 3 is 2.76 bits per heavy atom. The maximum Gasteiger partial charge on any atom is 0.141 e. The van der Waals surface area contributed by atoms with Crippen LogP contribution in [0.15, 0.2) is 29.2 Å². The summed E-state index contributed by atoms with van der Waals surface area (Å²) in [6, 6.07) is 8.61. The van der Waals surface area contributed by atoms with Crippen molar-refractivity contribution in [3.8, 4) is 0 Å². The first-order chi connectivity index (χ1) is 10.3. The average Bonchev–Trinajstić information content (AvgIpc) is 2.96. The second-order valence-electron chi connectivity index (χ2n) is 5.04. The van der Waals surface area contributed by atoms with Gasteiger partial charge in [0.15, 0.2) is 0 Å². The molecule has 3 rings (SSSR count). The fourth-order valence-electron chi connectivity index (χ4n) is 2.26. The number of hydrogen-bond acceptors (Lipinski definition) is 5. The molecule has 0 saturated heterocycles. The SMILES string of the molecule is CCNc1nc(CSc2ccc(C)cc2)nc2c1CSC2. The minimum absolute atomic E-state index is 0.819. The third-order valence-corrected chi connectivity index (χ3v) is 5.34. The second kappa shape index (κ2) is 6.71. The molecule has 1 aromatic heterocycles. The Labute approximate surface area is 134 Å². The minimum Gasteiger partial charge on any atom is -0.370 e. The Bertz CT molecular complexity index is 626. The summed E-state index contributed by atoms with van der Waals surface area (Å²) in [6.07, 6.45) is 0. The van der Waals surface area contributed by atoms with Crippen molar-refractivity contribution in [3.63, 3.8) is 0 Å². The highest BCUT2D eigenvalue weighted by atomic mass is 32.2. The van der Waals surface area contributed by atoms with Crippen molar-refractivity contribution < 1.29 is 0 Å². The molecule has 1 aromatic carbocycles. The zero-order valence-electron chi connectivity index (χ0n) is 12.3. The quantitative estimate of drug-likeness (QED) is 0.834. The zero-order valence-corrected chi connectivity index (χ0v) is 14.0. The maximum atomic E-state index is 4.74. The molecule has 0 radical (unpaired) electrons. The van der Waals surface area contributed by atoms with E-state index < -0.39 is 0 Å². The lowest BCUT2D eigenvalue weighted by Crippen LogP contribution is -2.08. The minimum atomic E-state index is 0.819. The van der Waals surface area contributed by atoms with Gasteiger partial charge in [0, 0.05) is 28.5 Å². The third-order valence-electron chi connectivity index (χ3n) is 3.36. The summed E-state index contributed by atoms with van der Waals surface area (Å²) < 4.78 is 0. The number of rotatable bonds is 5. The fraction of sp³-hybridized carbons (Fsp3) is 0.375. The smallest absolute Gasteiger partial charge is 0.141 e. The first kappa shape index (κ1) is 14.7. The van der Waals surface area contributed by atoms with Crippen molar-refractivity contribution in [2.75, 3.05) is 11.9 Å². The molecule has 2 aromatic rings. The molecule has 0 spiro atoms. The topological polar surface area (TPSA) is 37.8 Å². The molecule has 0 amide bonds. The lowest BCUT2D eigenvalue weighted by molar-refractivity contribution is 0.965. The standard InChI is InChI=1S/C16H19N3S2/c1-3-17-16-13-8-20-9-14(13)18-15(19-16)10-21-12-6-4-11(2)5-7-12/h4-7H,3,8-10H2,1-2H3,(H,17,18,19). The molecule has 0 atom stereocenters. The van der Waals surface area contributed by atoms with Gasteiger partial charge in [-0.15, -0.1) is 11.8 Å². The highest BCUT2D eigenvalue weighted by Gasteiger charge is 2.19. The Morgan fingerprint density at radius 2 is 2.00 bits per heavy atom. The average molecular weight is 317 g/mol. The van der Waals surface area contributed by atoms with Crippen molar-refractivity contribution in [3.05, 3.63) is 46.9 Å². The molecule has 1 aliphatic heterocycles. The van der Waals surface area contributed by atoms with Crippen LogP contribution >= 0.6 is 23.5 Å². The van der Waals surface area contributed by atoms with Crippen molar-refractivity contribution in [1.82, 2.24) is 9.97 Å². The number of fused-ring (bicyclic) bond motifs is 1. The highest BCUT2D eigenvalue weighted by molar-refractivity contribution is 7.98. The van der Waals surface area contributed by atoms with E-state index in [1.807, 2.05) is 11.8 Å². The molecule has 3 nitrogen and oxygen atoms in total. The van der Waals surface area contributed by atoms with Gasteiger partial charge in [-0.05, 0) is 26.0 Å². The summed E-state index contributed by atoms with van der Waals surface area (Å²) in [5, 5.41) is 3.38. The van der Waals surface area contributed by atoms with Crippen molar-refractivity contribution in [2.45, 2.75) is 36.0 Å². The van der Waals surface area contributed by atoms with Gasteiger partial charge in [-0.3, -0.25) is 0 Å². The Balaban J connectivity index is 1.76. The van der Waals surface area contributed by atoms with E-state index in [0.29, 0.717) is 0 Å². The van der Waals surface area contributed by atoms with Crippen LogP contribution < -0.4 is 5.32 Å². The third kappa shape index (κ3) is 3.52. The van der Waals surface area contributed by atoms with Gasteiger partial charge in [0.2, 0.25) is 0 Å². The van der Waals surface area contributed by atoms with Gasteiger partial charge in [0.25, 0.3) is 0 Å². The van der Waals surface area contributed by atoms with Gasteiger partial charge in [-0.2, -0.15) is 11.8 Å². The molecule has 21 heavy (non-hydrogen) atoms. The number of benzene rings is 1. The number of nitrogens with one attached hydrogen (secondary N) is 1. The van der Waals surface area contributed by atoms with E-state index in [1.54, 1.807) is 11.8 Å². The van der Waals surface area contributed by atoms with Crippen molar-refractivity contribution in [2.24, 2.45) is 0 Å². The van der Waals surface area contributed by atoms with Gasteiger partial charge in [0.05, 0.1) is 11.4 Å². The monoisotopic (exact) mass is 317 g/mol. The van der Waals surface area contributed by atoms with E-state index in [0.717, 1.165) is 35.4 Å². The molecule has 0 unspecified atom stereocenters. The van der Waals surface area contributed by atoms with Crippen LogP contribution in [0.1, 0.15) is 29.6 Å². The van der Waals surface area contributed by atoms with E-state index in [2.05, 4.69) is 43.4 Å². The number of aromatic nitrogens is 2. The summed E-state index contributed by atoms with van der Waals surface area (Å²) in [5.74, 6) is 4.82. The zero-order chi connectivity index (χ0) is 14.7. The van der Waals surface area contributed by atoms with E-state index in [9.17, 15) is 0 Å². The summed E-state index contributed by atoms with van der Waals surface area (Å²) in [4.78, 5) is 10.7. The molecular weight excluding hydrogens is 298 g/mol. The van der Waals surface area contributed by atoms with Crippen LogP contribution in [0.25, 0.3) is 0 Å². The molecular formula is C16H19N3S2.